The van der Waals surface area contributed by atoms with Gasteiger partial charge in [-0.2, -0.15) is 0 Å². The molecule has 4 aromatic heterocycles. The third kappa shape index (κ3) is 3.59. The minimum atomic E-state index is 0.0469. The number of carbonyl (C=O) groups is 1. The van der Waals surface area contributed by atoms with Gasteiger partial charge >= 0.3 is 0 Å². The Hall–Kier alpha value is -3.87. The quantitative estimate of drug-likeness (QED) is 0.436. The molecule has 0 saturated carbocycles. The van der Waals surface area contributed by atoms with Crippen LogP contribution < -0.4 is 10.2 Å². The molecule has 0 bridgehead atoms. The second kappa shape index (κ2) is 8.24. The van der Waals surface area contributed by atoms with E-state index in [4.69, 9.17) is 4.98 Å². The Morgan fingerprint density at radius 1 is 1.06 bits per heavy atom. The highest BCUT2D eigenvalue weighted by molar-refractivity contribution is 5.84. The van der Waals surface area contributed by atoms with Crippen LogP contribution in [-0.2, 0) is 11.2 Å². The summed E-state index contributed by atoms with van der Waals surface area (Å²) in [7, 11) is 0. The zero-order valence-electron chi connectivity index (χ0n) is 18.4. The number of pyridine rings is 1. The van der Waals surface area contributed by atoms with Crippen molar-refractivity contribution in [2.24, 2.45) is 5.92 Å². The number of hydrogen-bond donors (Lipinski definition) is 2. The number of aromatic amines is 1. The molecule has 6 rings (SSSR count). The monoisotopic (exact) mass is 438 g/mol. The van der Waals surface area contributed by atoms with Gasteiger partial charge in [0, 0.05) is 55.0 Å². The number of carbonyl (C=O) groups excluding carboxylic acids is 1. The molecule has 0 atom stereocenters. The lowest BCUT2D eigenvalue weighted by molar-refractivity contribution is -0.125. The average Bonchev–Trinajstić information content (AvgIpc) is 3.52. The van der Waals surface area contributed by atoms with Gasteiger partial charge in [-0.05, 0) is 55.2 Å². The van der Waals surface area contributed by atoms with Crippen LogP contribution >= 0.6 is 0 Å². The fourth-order valence-electron chi connectivity index (χ4n) is 4.98. The van der Waals surface area contributed by atoms with Gasteiger partial charge in [-0.15, -0.1) is 0 Å². The minimum Gasteiger partial charge on any atom is -0.361 e. The molecule has 5 heterocycles. The summed E-state index contributed by atoms with van der Waals surface area (Å²) in [5, 5.41) is 4.39. The number of piperidine rings is 1. The fraction of sp³-hybridized carbons (Fsp3) is 0.269. The Balaban J connectivity index is 1.09. The number of para-hydroxylation sites is 1. The summed E-state index contributed by atoms with van der Waals surface area (Å²) >= 11 is 0. The molecule has 0 aliphatic carbocycles. The summed E-state index contributed by atoms with van der Waals surface area (Å²) in [6, 6.07) is 16.4. The third-order valence-electron chi connectivity index (χ3n) is 6.75. The van der Waals surface area contributed by atoms with Crippen molar-refractivity contribution in [3.8, 4) is 0 Å². The van der Waals surface area contributed by atoms with E-state index in [1.165, 1.54) is 10.9 Å². The average molecular weight is 439 g/mol. The number of anilines is 1. The van der Waals surface area contributed by atoms with Crippen LogP contribution in [0, 0.1) is 5.92 Å². The molecule has 1 fully saturated rings. The third-order valence-corrected chi connectivity index (χ3v) is 6.75. The molecule has 7 heteroatoms. The van der Waals surface area contributed by atoms with Crippen molar-refractivity contribution >= 4 is 39.3 Å². The molecule has 1 aliphatic rings. The van der Waals surface area contributed by atoms with E-state index in [-0.39, 0.29) is 11.8 Å². The van der Waals surface area contributed by atoms with E-state index in [1.54, 1.807) is 6.20 Å². The Labute approximate surface area is 191 Å². The van der Waals surface area contributed by atoms with E-state index in [0.29, 0.717) is 6.54 Å². The number of benzene rings is 1. The van der Waals surface area contributed by atoms with E-state index in [2.05, 4.69) is 49.0 Å². The van der Waals surface area contributed by atoms with E-state index in [1.807, 2.05) is 36.5 Å². The molecule has 0 unspecified atom stereocenters. The molecule has 0 radical (unpaired) electrons. The molecule has 1 aliphatic heterocycles. The van der Waals surface area contributed by atoms with Crippen LogP contribution in [0.1, 0.15) is 18.4 Å². The van der Waals surface area contributed by atoms with Crippen LogP contribution in [0.5, 0.6) is 0 Å². The van der Waals surface area contributed by atoms with Gasteiger partial charge in [-0.1, -0.05) is 18.2 Å². The number of nitrogens with zero attached hydrogens (tertiary/aromatic N) is 4. The molecule has 1 aromatic carbocycles. The van der Waals surface area contributed by atoms with E-state index in [0.717, 1.165) is 60.4 Å². The van der Waals surface area contributed by atoms with Gasteiger partial charge in [-0.3, -0.25) is 4.79 Å². The minimum absolute atomic E-state index is 0.0469. The lowest BCUT2D eigenvalue weighted by Crippen LogP contribution is -2.41. The summed E-state index contributed by atoms with van der Waals surface area (Å²) in [4.78, 5) is 27.7. The topological polar surface area (TPSA) is 78.3 Å². The predicted octanol–water partition coefficient (Wildman–Crippen LogP) is 3.94. The van der Waals surface area contributed by atoms with Crippen LogP contribution in [0.15, 0.2) is 67.1 Å². The zero-order valence-corrected chi connectivity index (χ0v) is 18.4. The van der Waals surface area contributed by atoms with Gasteiger partial charge in [0.25, 0.3) is 0 Å². The Morgan fingerprint density at radius 2 is 1.91 bits per heavy atom. The maximum atomic E-state index is 12.8. The number of rotatable bonds is 5. The van der Waals surface area contributed by atoms with Crippen molar-refractivity contribution in [1.29, 1.82) is 0 Å². The standard InChI is InChI=1S/C26H26N6O/c33-26(28-13-9-19-17-29-21-6-2-1-5-20(19)21)18-10-15-31(16-11-18)25-23-8-4-14-32(23)22-7-3-12-27-24(22)30-25/h1-8,12,14,17-18,29H,9-11,13,15-16H2,(H,28,33). The van der Waals surface area contributed by atoms with Crippen LogP contribution in [-0.4, -0.2) is 44.9 Å². The smallest absolute Gasteiger partial charge is 0.223 e. The van der Waals surface area contributed by atoms with Gasteiger partial charge < -0.3 is 19.6 Å². The summed E-state index contributed by atoms with van der Waals surface area (Å²) in [5.74, 6) is 1.16. The summed E-state index contributed by atoms with van der Waals surface area (Å²) in [6.45, 7) is 2.28. The van der Waals surface area contributed by atoms with E-state index < -0.39 is 0 Å². The zero-order chi connectivity index (χ0) is 22.2. The first-order valence-corrected chi connectivity index (χ1v) is 11.6. The van der Waals surface area contributed by atoms with Gasteiger partial charge in [-0.25, -0.2) is 9.97 Å². The lowest BCUT2D eigenvalue weighted by Gasteiger charge is -2.32. The normalized spacial score (nSPS) is 15.0. The Bertz CT molecular complexity index is 1440. The molecular formula is C26H26N6O. The first-order chi connectivity index (χ1) is 16.3. The van der Waals surface area contributed by atoms with Crippen LogP contribution in [0.2, 0.25) is 0 Å². The van der Waals surface area contributed by atoms with Gasteiger partial charge in [0.15, 0.2) is 11.5 Å². The highest BCUT2D eigenvalue weighted by Gasteiger charge is 2.27. The highest BCUT2D eigenvalue weighted by atomic mass is 16.1. The number of fused-ring (bicyclic) bond motifs is 4. The number of amides is 1. The second-order valence-corrected chi connectivity index (χ2v) is 8.71. The Kier molecular flexibility index (Phi) is 4.94. The molecule has 2 N–H and O–H groups in total. The molecule has 166 valence electrons. The molecule has 5 aromatic rings. The molecule has 7 nitrogen and oxygen atoms in total. The molecular weight excluding hydrogens is 412 g/mol. The predicted molar refractivity (Wildman–Crippen MR) is 130 cm³/mol. The van der Waals surface area contributed by atoms with Crippen LogP contribution in [0.3, 0.4) is 0 Å². The SMILES string of the molecule is O=C(NCCc1c[nH]c2ccccc12)C1CCN(c2nc3ncccc3n3cccc23)CC1. The molecule has 1 saturated heterocycles. The number of aromatic nitrogens is 4. The van der Waals surface area contributed by atoms with Crippen molar-refractivity contribution < 1.29 is 4.79 Å². The number of nitrogens with one attached hydrogen (secondary N) is 2. The molecule has 0 spiro atoms. The van der Waals surface area contributed by atoms with Gasteiger partial charge in [0.05, 0.1) is 11.0 Å². The molecule has 1 amide bonds. The maximum absolute atomic E-state index is 12.8. The number of H-pyrrole nitrogens is 1. The first-order valence-electron chi connectivity index (χ1n) is 11.6. The summed E-state index contributed by atoms with van der Waals surface area (Å²) in [5.41, 5.74) is 5.21. The lowest BCUT2D eigenvalue weighted by atomic mass is 9.95. The van der Waals surface area contributed by atoms with Crippen molar-refractivity contribution in [3.63, 3.8) is 0 Å². The molecule has 33 heavy (non-hydrogen) atoms. The summed E-state index contributed by atoms with van der Waals surface area (Å²) in [6.07, 6.45) is 8.36. The summed E-state index contributed by atoms with van der Waals surface area (Å²) < 4.78 is 2.15. The second-order valence-electron chi connectivity index (χ2n) is 8.71. The maximum Gasteiger partial charge on any atom is 0.223 e. The van der Waals surface area contributed by atoms with Gasteiger partial charge in [0.2, 0.25) is 5.91 Å². The number of hydrogen-bond acceptors (Lipinski definition) is 4. The Morgan fingerprint density at radius 3 is 2.82 bits per heavy atom. The van der Waals surface area contributed by atoms with E-state index >= 15 is 0 Å². The van der Waals surface area contributed by atoms with Crippen LogP contribution in [0.25, 0.3) is 27.6 Å². The fourth-order valence-corrected chi connectivity index (χ4v) is 4.98. The van der Waals surface area contributed by atoms with Crippen molar-refractivity contribution in [3.05, 3.63) is 72.7 Å². The van der Waals surface area contributed by atoms with Crippen molar-refractivity contribution in [2.45, 2.75) is 19.3 Å². The largest absolute Gasteiger partial charge is 0.361 e. The van der Waals surface area contributed by atoms with Gasteiger partial charge in [0.1, 0.15) is 0 Å². The van der Waals surface area contributed by atoms with E-state index in [9.17, 15) is 4.79 Å². The first kappa shape index (κ1) is 19.8. The van der Waals surface area contributed by atoms with Crippen LogP contribution in [0.4, 0.5) is 5.82 Å². The van der Waals surface area contributed by atoms with Crippen molar-refractivity contribution in [1.82, 2.24) is 24.7 Å². The highest BCUT2D eigenvalue weighted by Crippen LogP contribution is 2.28. The van der Waals surface area contributed by atoms with Crippen molar-refractivity contribution in [2.75, 3.05) is 24.5 Å².